The summed E-state index contributed by atoms with van der Waals surface area (Å²) in [4.78, 5) is 10.1. The van der Waals surface area contributed by atoms with Crippen molar-refractivity contribution in [3.05, 3.63) is 0 Å². The topological polar surface area (TPSA) is 46.5 Å². The summed E-state index contributed by atoms with van der Waals surface area (Å²) >= 11 is 0. The number of aliphatic hydroxyl groups excluding tert-OH is 1. The van der Waals surface area contributed by atoms with Crippen LogP contribution < -0.4 is 0 Å². The van der Waals surface area contributed by atoms with Crippen LogP contribution in [0.2, 0.25) is 0 Å². The lowest BCUT2D eigenvalue weighted by Gasteiger charge is -2.31. The van der Waals surface area contributed by atoms with Gasteiger partial charge < -0.3 is 9.84 Å². The third-order valence-corrected chi connectivity index (χ3v) is 2.78. The summed E-state index contributed by atoms with van der Waals surface area (Å²) in [7, 11) is 0. The van der Waals surface area contributed by atoms with E-state index in [-0.39, 0.29) is 12.0 Å². The molecule has 0 atom stereocenters. The number of carbonyl (C=O) groups excluding carboxylic acids is 1. The normalized spacial score (nSPS) is 21.0. The van der Waals surface area contributed by atoms with Crippen molar-refractivity contribution < 1.29 is 14.6 Å². The molecule has 0 radical (unpaired) electrons. The molecule has 64 valence electrons. The van der Waals surface area contributed by atoms with Crippen LogP contribution in [0.3, 0.4) is 0 Å². The molecule has 0 aromatic heterocycles. The fourth-order valence-corrected chi connectivity index (χ4v) is 1.35. The van der Waals surface area contributed by atoms with E-state index in [1.165, 1.54) is 0 Å². The minimum absolute atomic E-state index is 0.105. The summed E-state index contributed by atoms with van der Waals surface area (Å²) in [6.45, 7) is 4.23. The Kier molecular flexibility index (Phi) is 1.92. The van der Waals surface area contributed by atoms with Crippen molar-refractivity contribution in [3.8, 4) is 0 Å². The maximum absolute atomic E-state index is 10.1. The van der Waals surface area contributed by atoms with Crippen LogP contribution in [0.25, 0.3) is 0 Å². The van der Waals surface area contributed by atoms with Crippen LogP contribution in [0.1, 0.15) is 26.7 Å². The van der Waals surface area contributed by atoms with Gasteiger partial charge in [-0.2, -0.15) is 0 Å². The van der Waals surface area contributed by atoms with Gasteiger partial charge in [-0.05, 0) is 26.7 Å². The van der Waals surface area contributed by atoms with E-state index in [1.807, 2.05) is 13.8 Å². The lowest BCUT2D eigenvalue weighted by atomic mass is 9.88. The van der Waals surface area contributed by atoms with Gasteiger partial charge in [-0.3, -0.25) is 4.79 Å². The number of hydrogen-bond donors (Lipinski definition) is 1. The van der Waals surface area contributed by atoms with Crippen molar-refractivity contribution in [2.75, 3.05) is 6.61 Å². The summed E-state index contributed by atoms with van der Waals surface area (Å²) in [5.74, 6) is 0. The van der Waals surface area contributed by atoms with Gasteiger partial charge in [0, 0.05) is 5.41 Å². The van der Waals surface area contributed by atoms with Gasteiger partial charge in [0.1, 0.15) is 5.60 Å². The maximum atomic E-state index is 10.1. The van der Waals surface area contributed by atoms with Crippen LogP contribution in [-0.2, 0) is 9.53 Å². The molecule has 1 N–H and O–H groups in total. The standard InChI is InChI=1S/C8H14O3/c1-7(2,11-6-10)8(5-9)3-4-8/h6,9H,3-5H2,1-2H3. The number of rotatable bonds is 4. The number of carbonyl (C=O) groups is 1. The van der Waals surface area contributed by atoms with E-state index in [9.17, 15) is 4.79 Å². The van der Waals surface area contributed by atoms with E-state index >= 15 is 0 Å². The highest BCUT2D eigenvalue weighted by Crippen LogP contribution is 2.54. The van der Waals surface area contributed by atoms with Crippen molar-refractivity contribution in [2.24, 2.45) is 5.41 Å². The molecule has 1 fully saturated rings. The second-order valence-electron chi connectivity index (χ2n) is 3.66. The first-order valence-corrected chi connectivity index (χ1v) is 3.80. The Balaban J connectivity index is 2.62. The number of hydrogen-bond acceptors (Lipinski definition) is 3. The quantitative estimate of drug-likeness (QED) is 0.613. The van der Waals surface area contributed by atoms with Crippen LogP contribution in [0.15, 0.2) is 0 Å². The first-order valence-electron chi connectivity index (χ1n) is 3.80. The predicted molar refractivity (Wildman–Crippen MR) is 40.0 cm³/mol. The zero-order valence-electron chi connectivity index (χ0n) is 6.96. The van der Waals surface area contributed by atoms with E-state index in [4.69, 9.17) is 9.84 Å². The lowest BCUT2D eigenvalue weighted by molar-refractivity contribution is -0.149. The third-order valence-electron chi connectivity index (χ3n) is 2.78. The highest BCUT2D eigenvalue weighted by molar-refractivity contribution is 5.39. The van der Waals surface area contributed by atoms with Crippen LogP contribution in [0.4, 0.5) is 0 Å². The van der Waals surface area contributed by atoms with Gasteiger partial charge >= 0.3 is 0 Å². The Morgan fingerprint density at radius 3 is 2.45 bits per heavy atom. The molecular formula is C8H14O3. The van der Waals surface area contributed by atoms with E-state index in [0.717, 1.165) is 12.8 Å². The highest BCUT2D eigenvalue weighted by Gasteiger charge is 2.55. The molecule has 0 spiro atoms. The second kappa shape index (κ2) is 2.48. The lowest BCUT2D eigenvalue weighted by Crippen LogP contribution is -2.38. The van der Waals surface area contributed by atoms with E-state index in [2.05, 4.69) is 0 Å². The van der Waals surface area contributed by atoms with Crippen LogP contribution in [0.5, 0.6) is 0 Å². The first kappa shape index (κ1) is 8.53. The Labute approximate surface area is 66.4 Å². The van der Waals surface area contributed by atoms with Gasteiger partial charge in [0.15, 0.2) is 0 Å². The van der Waals surface area contributed by atoms with Gasteiger partial charge in [-0.25, -0.2) is 0 Å². The van der Waals surface area contributed by atoms with Gasteiger partial charge in [0.05, 0.1) is 6.61 Å². The molecule has 0 aromatic carbocycles. The molecule has 0 unspecified atom stereocenters. The summed E-state index contributed by atoms with van der Waals surface area (Å²) in [5, 5.41) is 9.02. The molecule has 0 bridgehead atoms. The molecule has 3 nitrogen and oxygen atoms in total. The van der Waals surface area contributed by atoms with Crippen LogP contribution in [-0.4, -0.2) is 23.8 Å². The van der Waals surface area contributed by atoms with Crippen molar-refractivity contribution >= 4 is 6.47 Å². The first-order chi connectivity index (χ1) is 5.08. The monoisotopic (exact) mass is 158 g/mol. The number of aliphatic hydroxyl groups is 1. The van der Waals surface area contributed by atoms with Gasteiger partial charge in [-0.1, -0.05) is 0 Å². The minimum Gasteiger partial charge on any atom is -0.461 e. The van der Waals surface area contributed by atoms with E-state index in [1.54, 1.807) is 0 Å². The van der Waals surface area contributed by atoms with Crippen molar-refractivity contribution in [1.29, 1.82) is 0 Å². The third kappa shape index (κ3) is 1.25. The molecule has 1 aliphatic carbocycles. The highest BCUT2D eigenvalue weighted by atomic mass is 16.5. The van der Waals surface area contributed by atoms with Crippen LogP contribution >= 0.6 is 0 Å². The summed E-state index contributed by atoms with van der Waals surface area (Å²) in [6.07, 6.45) is 1.90. The Hall–Kier alpha value is -0.570. The molecular weight excluding hydrogens is 144 g/mol. The van der Waals surface area contributed by atoms with Crippen molar-refractivity contribution in [1.82, 2.24) is 0 Å². The molecule has 0 aliphatic heterocycles. The Morgan fingerprint density at radius 2 is 2.18 bits per heavy atom. The smallest absolute Gasteiger partial charge is 0.293 e. The second-order valence-corrected chi connectivity index (χ2v) is 3.66. The zero-order valence-corrected chi connectivity index (χ0v) is 6.96. The van der Waals surface area contributed by atoms with Crippen LogP contribution in [0, 0.1) is 5.41 Å². The minimum atomic E-state index is -0.510. The van der Waals surface area contributed by atoms with Gasteiger partial charge in [-0.15, -0.1) is 0 Å². The SMILES string of the molecule is CC(C)(OC=O)C1(CO)CC1. The zero-order chi connectivity index (χ0) is 8.54. The van der Waals surface area contributed by atoms with Crippen molar-refractivity contribution in [3.63, 3.8) is 0 Å². The summed E-state index contributed by atoms with van der Waals surface area (Å²) in [6, 6.07) is 0. The largest absolute Gasteiger partial charge is 0.461 e. The molecule has 0 saturated heterocycles. The Morgan fingerprint density at radius 1 is 1.64 bits per heavy atom. The van der Waals surface area contributed by atoms with E-state index < -0.39 is 5.60 Å². The maximum Gasteiger partial charge on any atom is 0.293 e. The number of ether oxygens (including phenoxy) is 1. The molecule has 1 saturated carbocycles. The molecule has 11 heavy (non-hydrogen) atoms. The molecule has 0 aromatic rings. The summed E-state index contributed by atoms with van der Waals surface area (Å²) in [5.41, 5.74) is -0.669. The van der Waals surface area contributed by atoms with Gasteiger partial charge in [0.2, 0.25) is 0 Å². The fraction of sp³-hybridized carbons (Fsp3) is 0.875. The molecule has 0 amide bonds. The molecule has 1 rings (SSSR count). The average Bonchev–Trinajstić information content (AvgIpc) is 2.66. The van der Waals surface area contributed by atoms with E-state index in [0.29, 0.717) is 6.47 Å². The molecule has 3 heteroatoms. The molecule has 0 heterocycles. The van der Waals surface area contributed by atoms with Gasteiger partial charge in [0.25, 0.3) is 6.47 Å². The Bertz CT molecular complexity index is 159. The summed E-state index contributed by atoms with van der Waals surface area (Å²) < 4.78 is 4.91. The predicted octanol–water partition coefficient (Wildman–Crippen LogP) is 0.710. The average molecular weight is 158 g/mol. The fourth-order valence-electron chi connectivity index (χ4n) is 1.35. The molecule has 1 aliphatic rings. The van der Waals surface area contributed by atoms with Crippen molar-refractivity contribution in [2.45, 2.75) is 32.3 Å².